The van der Waals surface area contributed by atoms with E-state index in [1.54, 1.807) is 0 Å². The average Bonchev–Trinajstić information content (AvgIpc) is 2.00. The fourth-order valence-electron chi connectivity index (χ4n) is 2.07. The molecule has 1 nitrogen and oxygen atoms in total. The second kappa shape index (κ2) is 4.08. The zero-order valence-electron chi connectivity index (χ0n) is 8.21. The van der Waals surface area contributed by atoms with Gasteiger partial charge in [-0.2, -0.15) is 0 Å². The van der Waals surface area contributed by atoms with Crippen LogP contribution >= 0.6 is 0 Å². The van der Waals surface area contributed by atoms with Crippen molar-refractivity contribution in [1.29, 1.82) is 0 Å². The normalized spacial score (nSPS) is 23.9. The predicted octanol–water partition coefficient (Wildman–Crippen LogP) is 2.89. The number of aliphatic hydroxyl groups excluding tert-OH is 1. The molecule has 0 aromatic carbocycles. The van der Waals surface area contributed by atoms with E-state index in [1.165, 1.54) is 19.3 Å². The molecular weight excluding hydrogens is 148 g/mol. The maximum atomic E-state index is 9.90. The van der Waals surface area contributed by atoms with Crippen molar-refractivity contribution < 1.29 is 5.11 Å². The minimum absolute atomic E-state index is 0.104. The van der Waals surface area contributed by atoms with Crippen LogP contribution in [-0.2, 0) is 0 Å². The van der Waals surface area contributed by atoms with E-state index >= 15 is 0 Å². The van der Waals surface area contributed by atoms with Crippen LogP contribution in [0.1, 0.15) is 46.0 Å². The Balaban J connectivity index is 2.42. The Bertz CT molecular complexity index is 151. The van der Waals surface area contributed by atoms with Crippen LogP contribution < -0.4 is 0 Å². The molecule has 12 heavy (non-hydrogen) atoms. The second-order valence-electron chi connectivity index (χ2n) is 3.89. The highest BCUT2D eigenvalue weighted by molar-refractivity contribution is 4.96. The van der Waals surface area contributed by atoms with Crippen LogP contribution in [0.5, 0.6) is 0 Å². The summed E-state index contributed by atoms with van der Waals surface area (Å²) in [7, 11) is 0. The summed E-state index contributed by atoms with van der Waals surface area (Å²) in [6, 6.07) is 0. The molecule has 1 N–H and O–H groups in total. The highest BCUT2D eigenvalue weighted by Gasteiger charge is 2.40. The van der Waals surface area contributed by atoms with Crippen molar-refractivity contribution >= 4 is 0 Å². The van der Waals surface area contributed by atoms with Crippen molar-refractivity contribution in [3.05, 3.63) is 12.2 Å². The van der Waals surface area contributed by atoms with Crippen molar-refractivity contribution in [3.8, 4) is 0 Å². The van der Waals surface area contributed by atoms with E-state index in [2.05, 4.69) is 13.0 Å². The molecule has 0 spiro atoms. The lowest BCUT2D eigenvalue weighted by Gasteiger charge is -2.45. The van der Waals surface area contributed by atoms with Gasteiger partial charge in [-0.1, -0.05) is 25.5 Å². The van der Waals surface area contributed by atoms with E-state index in [4.69, 9.17) is 0 Å². The molecule has 1 aliphatic rings. The molecule has 0 saturated heterocycles. The van der Waals surface area contributed by atoms with Gasteiger partial charge in [0.25, 0.3) is 0 Å². The van der Waals surface area contributed by atoms with E-state index in [-0.39, 0.29) is 11.5 Å². The number of rotatable bonds is 4. The van der Waals surface area contributed by atoms with Crippen LogP contribution in [0.25, 0.3) is 0 Å². The van der Waals surface area contributed by atoms with Crippen molar-refractivity contribution in [2.45, 2.75) is 52.1 Å². The fourth-order valence-corrected chi connectivity index (χ4v) is 2.07. The van der Waals surface area contributed by atoms with Gasteiger partial charge in [-0.15, -0.1) is 0 Å². The average molecular weight is 168 g/mol. The Kier molecular flexibility index (Phi) is 3.33. The molecule has 0 aromatic rings. The summed E-state index contributed by atoms with van der Waals surface area (Å²) in [6.07, 6.45) is 9.71. The number of allylic oxidation sites excluding steroid dienone is 1. The fraction of sp³-hybridized carbons (Fsp3) is 0.818. The summed E-state index contributed by atoms with van der Waals surface area (Å²) in [5.41, 5.74) is 0.277. The van der Waals surface area contributed by atoms with Gasteiger partial charge in [-0.25, -0.2) is 0 Å². The molecule has 0 aromatic heterocycles. The standard InChI is InChI=1S/C11H20O/c1-3-5-7-10(12)11(4-2)8-6-9-11/h3,5,10,12H,4,6-9H2,1-2H3/t10-/m0/s1. The van der Waals surface area contributed by atoms with Crippen LogP contribution in [0.3, 0.4) is 0 Å². The van der Waals surface area contributed by atoms with Gasteiger partial charge in [0.05, 0.1) is 6.10 Å². The Labute approximate surface area is 75.5 Å². The molecular formula is C11H20O. The van der Waals surface area contributed by atoms with Gasteiger partial charge in [0.15, 0.2) is 0 Å². The summed E-state index contributed by atoms with van der Waals surface area (Å²) in [5.74, 6) is 0. The van der Waals surface area contributed by atoms with E-state index < -0.39 is 0 Å². The zero-order valence-corrected chi connectivity index (χ0v) is 8.21. The van der Waals surface area contributed by atoms with E-state index in [9.17, 15) is 5.11 Å². The van der Waals surface area contributed by atoms with Crippen molar-refractivity contribution in [3.63, 3.8) is 0 Å². The Morgan fingerprint density at radius 3 is 2.50 bits per heavy atom. The second-order valence-corrected chi connectivity index (χ2v) is 3.89. The van der Waals surface area contributed by atoms with Gasteiger partial charge in [-0.3, -0.25) is 0 Å². The van der Waals surface area contributed by atoms with Gasteiger partial charge in [0, 0.05) is 0 Å². The molecule has 1 fully saturated rings. The molecule has 0 heterocycles. The van der Waals surface area contributed by atoms with Crippen LogP contribution in [0.15, 0.2) is 12.2 Å². The first-order chi connectivity index (χ1) is 5.75. The summed E-state index contributed by atoms with van der Waals surface area (Å²) in [4.78, 5) is 0. The minimum atomic E-state index is -0.104. The van der Waals surface area contributed by atoms with E-state index in [0.29, 0.717) is 0 Å². The first-order valence-corrected chi connectivity index (χ1v) is 5.04. The van der Waals surface area contributed by atoms with Gasteiger partial charge < -0.3 is 5.11 Å². The molecule has 0 unspecified atom stereocenters. The van der Waals surface area contributed by atoms with Crippen molar-refractivity contribution in [2.75, 3.05) is 0 Å². The highest BCUT2D eigenvalue weighted by atomic mass is 16.3. The maximum absolute atomic E-state index is 9.90. The lowest BCUT2D eigenvalue weighted by molar-refractivity contribution is -0.0354. The third kappa shape index (κ3) is 1.71. The zero-order chi connectivity index (χ0) is 9.03. The molecule has 1 aliphatic carbocycles. The van der Waals surface area contributed by atoms with Crippen LogP contribution in [0.4, 0.5) is 0 Å². The maximum Gasteiger partial charge on any atom is 0.0630 e. The summed E-state index contributed by atoms with van der Waals surface area (Å²) in [5, 5.41) is 9.90. The third-order valence-electron chi connectivity index (χ3n) is 3.36. The quantitative estimate of drug-likeness (QED) is 0.640. The lowest BCUT2D eigenvalue weighted by Crippen LogP contribution is -2.40. The molecule has 1 rings (SSSR count). The van der Waals surface area contributed by atoms with Crippen molar-refractivity contribution in [1.82, 2.24) is 0 Å². The van der Waals surface area contributed by atoms with Crippen LogP contribution in [0, 0.1) is 5.41 Å². The summed E-state index contributed by atoms with van der Waals surface area (Å²) >= 11 is 0. The highest BCUT2D eigenvalue weighted by Crippen LogP contribution is 2.47. The molecule has 0 aliphatic heterocycles. The smallest absolute Gasteiger partial charge is 0.0630 e. The molecule has 0 amide bonds. The minimum Gasteiger partial charge on any atom is -0.392 e. The molecule has 1 atom stereocenters. The molecule has 1 saturated carbocycles. The van der Waals surface area contributed by atoms with Gasteiger partial charge in [-0.05, 0) is 38.0 Å². The van der Waals surface area contributed by atoms with Crippen LogP contribution in [0.2, 0.25) is 0 Å². The van der Waals surface area contributed by atoms with Crippen molar-refractivity contribution in [2.24, 2.45) is 5.41 Å². The first kappa shape index (κ1) is 9.79. The van der Waals surface area contributed by atoms with E-state index in [0.717, 1.165) is 12.8 Å². The number of aliphatic hydroxyl groups is 1. The Hall–Kier alpha value is -0.300. The van der Waals surface area contributed by atoms with E-state index in [1.807, 2.05) is 13.0 Å². The summed E-state index contributed by atoms with van der Waals surface area (Å²) < 4.78 is 0. The van der Waals surface area contributed by atoms with Gasteiger partial charge >= 0.3 is 0 Å². The van der Waals surface area contributed by atoms with Crippen LogP contribution in [-0.4, -0.2) is 11.2 Å². The number of hydrogen-bond acceptors (Lipinski definition) is 1. The number of hydrogen-bond donors (Lipinski definition) is 1. The van der Waals surface area contributed by atoms with Gasteiger partial charge in [0.1, 0.15) is 0 Å². The molecule has 0 bridgehead atoms. The predicted molar refractivity (Wildman–Crippen MR) is 52.0 cm³/mol. The molecule has 70 valence electrons. The monoisotopic (exact) mass is 168 g/mol. The largest absolute Gasteiger partial charge is 0.392 e. The third-order valence-corrected chi connectivity index (χ3v) is 3.36. The Morgan fingerprint density at radius 2 is 2.17 bits per heavy atom. The lowest BCUT2D eigenvalue weighted by atomic mass is 9.63. The molecule has 1 heteroatoms. The van der Waals surface area contributed by atoms with Gasteiger partial charge in [0.2, 0.25) is 0 Å². The first-order valence-electron chi connectivity index (χ1n) is 5.04. The summed E-state index contributed by atoms with van der Waals surface area (Å²) in [6.45, 7) is 4.20. The topological polar surface area (TPSA) is 20.2 Å². The SMILES string of the molecule is CC=CC[C@H](O)C1(CC)CCC1. The molecule has 0 radical (unpaired) electrons. The Morgan fingerprint density at radius 1 is 1.50 bits per heavy atom.